The van der Waals surface area contributed by atoms with Crippen LogP contribution >= 0.6 is 34.4 Å². The number of thiophene rings is 2. The maximum Gasteiger partial charge on any atom is 0.297 e. The van der Waals surface area contributed by atoms with Gasteiger partial charge in [0.2, 0.25) is 23.7 Å². The van der Waals surface area contributed by atoms with Crippen molar-refractivity contribution >= 4 is 180 Å². The van der Waals surface area contributed by atoms with E-state index in [1.807, 2.05) is 37.5 Å². The Morgan fingerprint density at radius 1 is 0.588 bits per heavy atom. The summed E-state index contributed by atoms with van der Waals surface area (Å²) in [5.74, 6) is -7.11. The number of nitrogens with one attached hydrogen (secondary N) is 4. The smallest absolute Gasteiger partial charge is 0.297 e. The number of ketones is 2. The van der Waals surface area contributed by atoms with Crippen LogP contribution in [-0.4, -0.2) is 127 Å². The zero-order valence-electron chi connectivity index (χ0n) is 51.7. The first kappa shape index (κ1) is 73.9. The molecule has 0 bridgehead atoms. The summed E-state index contributed by atoms with van der Waals surface area (Å²) in [6, 6.07) is 23.7. The Bertz CT molecular complexity index is 4610. The molecule has 3 aromatic heterocycles. The number of hydrogen-bond acceptors (Lipinski definition) is 28. The number of carbonyl (C=O) groups is 6. The molecule has 0 spiro atoms. The van der Waals surface area contributed by atoms with Gasteiger partial charge in [-0.2, -0.15) is 50.7 Å². The number of primary amides is 2. The van der Waals surface area contributed by atoms with Crippen LogP contribution in [0.15, 0.2) is 131 Å². The lowest BCUT2D eigenvalue weighted by Gasteiger charge is -2.22. The van der Waals surface area contributed by atoms with Gasteiger partial charge in [0, 0.05) is 65.8 Å². The topological polar surface area (TPSA) is 508 Å². The summed E-state index contributed by atoms with van der Waals surface area (Å²) in [6.45, 7) is 11.5. The van der Waals surface area contributed by atoms with E-state index < -0.39 is 123 Å². The fourth-order valence-electron chi connectivity index (χ4n) is 8.90. The molecule has 38 heteroatoms. The predicted octanol–water partition coefficient (Wildman–Crippen LogP) is 9.64. The van der Waals surface area contributed by atoms with Crippen LogP contribution in [0.4, 0.5) is 67.4 Å². The van der Waals surface area contributed by atoms with E-state index in [9.17, 15) is 78.2 Å². The van der Waals surface area contributed by atoms with E-state index in [0.717, 1.165) is 37.8 Å². The van der Waals surface area contributed by atoms with Crippen molar-refractivity contribution in [3.05, 3.63) is 128 Å². The van der Waals surface area contributed by atoms with Gasteiger partial charge in [-0.05, 0) is 126 Å². The molecule has 0 radical (unpaired) electrons. The maximum atomic E-state index is 13.6. The molecule has 4 amide bonds. The van der Waals surface area contributed by atoms with Crippen LogP contribution in [0.2, 0.25) is 0 Å². The average Bonchev–Trinajstić information content (AvgIpc) is 1.80. The molecule has 504 valence electrons. The minimum absolute atomic E-state index is 0.0118. The van der Waals surface area contributed by atoms with Gasteiger partial charge in [0.25, 0.3) is 42.2 Å². The number of hydrogen-bond donors (Lipinski definition) is 9. The van der Waals surface area contributed by atoms with Crippen LogP contribution < -0.4 is 42.5 Å². The van der Waals surface area contributed by atoms with Crippen molar-refractivity contribution in [2.75, 3.05) is 68.8 Å². The van der Waals surface area contributed by atoms with Crippen molar-refractivity contribution in [2.45, 2.75) is 56.5 Å². The minimum atomic E-state index is -5.31. The van der Waals surface area contributed by atoms with Gasteiger partial charge in [0.05, 0.1) is 38.0 Å². The lowest BCUT2D eigenvalue weighted by molar-refractivity contribution is -0.120. The third kappa shape index (κ3) is 19.1. The molecule has 4 aromatic carbocycles. The van der Waals surface area contributed by atoms with E-state index in [4.69, 9.17) is 11.5 Å². The van der Waals surface area contributed by atoms with Gasteiger partial charge in [0.15, 0.2) is 26.7 Å². The number of nitrogens with two attached hydrogens (primary N) is 2. The summed E-state index contributed by atoms with van der Waals surface area (Å²) in [6.07, 6.45) is 1.67. The summed E-state index contributed by atoms with van der Waals surface area (Å²) in [5, 5.41) is 48.0. The highest BCUT2D eigenvalue weighted by atomic mass is 32.2. The zero-order chi connectivity index (χ0) is 71.3. The highest BCUT2D eigenvalue weighted by Crippen LogP contribution is 2.44. The number of aromatic nitrogens is 3. The second kappa shape index (κ2) is 31.8. The molecule has 0 aliphatic heterocycles. The number of carbonyl (C=O) groups excluding carboxylic acids is 6. The number of anilines is 8. The SMILES string of the molecule is CCN(CC)c1ccc(N=Nc2sc(/C=C(/C(C)=O)C(=O)Nc3cccc(C(N)=O)c3)c(S(=O)(=O)O)c2C#N)c(Nc2nc(Nc3cc(N(CC)CC)ccc3N=Nc3sc(/C=C(\C(C)=O)C(=O)Nc4cccc(C(N)=O)c4)c(S(=O)(=O)O)c3C#N)nc(SCCS(=O)(=O)O)n2)c1. The van der Waals surface area contributed by atoms with Crippen LogP contribution in [0.1, 0.15) is 83.1 Å². The Morgan fingerprint density at radius 2 is 0.979 bits per heavy atom. The second-order valence-corrected chi connectivity index (χ2v) is 27.4. The lowest BCUT2D eigenvalue weighted by atomic mass is 10.1. The normalized spacial score (nSPS) is 12.0. The number of Topliss-reactive ketones (excluding diaryl/α,β-unsaturated/α-hetero) is 2. The van der Waals surface area contributed by atoms with Gasteiger partial charge in [0.1, 0.15) is 44.4 Å². The molecule has 0 aliphatic carbocycles. The van der Waals surface area contributed by atoms with Crippen molar-refractivity contribution in [1.82, 2.24) is 15.0 Å². The van der Waals surface area contributed by atoms with Crippen molar-refractivity contribution < 1.29 is 67.7 Å². The molecule has 97 heavy (non-hydrogen) atoms. The minimum Gasteiger partial charge on any atom is -0.372 e. The van der Waals surface area contributed by atoms with Crippen molar-refractivity contribution in [3.8, 4) is 12.1 Å². The largest absolute Gasteiger partial charge is 0.372 e. The molecule has 0 aliphatic rings. The van der Waals surface area contributed by atoms with Gasteiger partial charge in [-0.25, -0.2) is 0 Å². The third-order valence-electron chi connectivity index (χ3n) is 13.5. The van der Waals surface area contributed by atoms with E-state index in [1.165, 1.54) is 60.7 Å². The van der Waals surface area contributed by atoms with Gasteiger partial charge in [-0.15, -0.1) is 43.1 Å². The number of nitriles is 2. The van der Waals surface area contributed by atoms with Crippen molar-refractivity contribution in [3.63, 3.8) is 0 Å². The molecule has 0 saturated heterocycles. The highest BCUT2D eigenvalue weighted by molar-refractivity contribution is 8.00. The van der Waals surface area contributed by atoms with Crippen LogP contribution in [0.5, 0.6) is 0 Å². The first-order chi connectivity index (χ1) is 45.8. The lowest BCUT2D eigenvalue weighted by Crippen LogP contribution is -2.21. The van der Waals surface area contributed by atoms with Gasteiger partial charge >= 0.3 is 0 Å². The Labute approximate surface area is 566 Å². The van der Waals surface area contributed by atoms with Crippen molar-refractivity contribution in [2.24, 2.45) is 31.9 Å². The first-order valence-electron chi connectivity index (χ1n) is 28.3. The fourth-order valence-corrected chi connectivity index (χ4v) is 14.8. The molecule has 3 heterocycles. The van der Waals surface area contributed by atoms with Crippen LogP contribution in [-0.2, 0) is 49.5 Å². The molecule has 0 atom stereocenters. The molecule has 7 rings (SSSR count). The predicted molar refractivity (Wildman–Crippen MR) is 364 cm³/mol. The Balaban J connectivity index is 1.34. The van der Waals surface area contributed by atoms with E-state index >= 15 is 0 Å². The van der Waals surface area contributed by atoms with Gasteiger partial charge in [-0.1, -0.05) is 23.9 Å². The number of nitrogens with zero attached hydrogens (tertiary/aromatic N) is 11. The molecular formula is C59H57N17O15S6. The number of azo groups is 2. The molecule has 11 N–H and O–H groups in total. The average molecular weight is 1440 g/mol. The van der Waals surface area contributed by atoms with Crippen LogP contribution in [0, 0.1) is 22.7 Å². The standard InChI is InChI=1S/C59H57N17O15S6/c1-7-75(8-2)37-17-19-43(71-73-55-41(29-60)49(96(86,87)88)47(93-55)27-39(31(5)77)53(81)64-35-15-11-13-33(23-35)51(62)79)45(25-37)66-57-68-58(70-59(69-57)92-21-22-95(83,84)85)67-46-26-38(76(9-3)10-4)18-20-44(46)72-74-56-42(30-61)50(97(89,90)91)48(94-56)28-40(32(6)78)54(82)65-36-16-12-14-34(24-36)52(63)80/h11-20,23-28H,7-10,21-22H2,1-6H3,(H2,62,79)(H2,63,80)(H,64,81)(H,65,82)(H,83,84,85)(H,86,87,88)(H,89,90,91)(H2,66,67,68,69,70)/b39-27-,40-28+,73-71?,74-72?. The monoisotopic (exact) mass is 1440 g/mol. The number of rotatable bonds is 30. The number of benzene rings is 4. The number of thioether (sulfide) groups is 1. The summed E-state index contributed by atoms with van der Waals surface area (Å²) < 4.78 is 107. The zero-order valence-corrected chi connectivity index (χ0v) is 56.6. The van der Waals surface area contributed by atoms with E-state index in [2.05, 4.69) is 56.7 Å². The third-order valence-corrected chi connectivity index (χ3v) is 19.5. The van der Waals surface area contributed by atoms with E-state index in [-0.39, 0.29) is 68.1 Å². The van der Waals surface area contributed by atoms with Gasteiger partial charge < -0.3 is 42.5 Å². The highest BCUT2D eigenvalue weighted by Gasteiger charge is 2.31. The quantitative estimate of drug-likeness (QED) is 0.00505. The molecule has 0 unspecified atom stereocenters. The number of amides is 4. The Kier molecular flexibility index (Phi) is 24.2. The molecule has 7 aromatic rings. The van der Waals surface area contributed by atoms with Crippen molar-refractivity contribution in [1.29, 1.82) is 10.5 Å². The Morgan fingerprint density at radius 3 is 1.31 bits per heavy atom. The molecule has 32 nitrogen and oxygen atoms in total. The summed E-state index contributed by atoms with van der Waals surface area (Å²) >= 11 is 1.70. The van der Waals surface area contributed by atoms with Crippen LogP contribution in [0.3, 0.4) is 0 Å². The summed E-state index contributed by atoms with van der Waals surface area (Å²) in [5.41, 5.74) is 9.43. The van der Waals surface area contributed by atoms with E-state index in [0.29, 0.717) is 60.2 Å². The molecule has 0 saturated carbocycles. The summed E-state index contributed by atoms with van der Waals surface area (Å²) in [7, 11) is -15.1. The van der Waals surface area contributed by atoms with Crippen LogP contribution in [0.25, 0.3) is 12.2 Å². The Hall–Kier alpha value is -10.6. The second-order valence-electron chi connectivity index (χ2n) is 19.9. The first-order valence-corrected chi connectivity index (χ1v) is 35.4. The molecular weight excluding hydrogens is 1380 g/mol. The summed E-state index contributed by atoms with van der Waals surface area (Å²) in [4.78, 5) is 91.3. The fraction of sp³-hybridized carbons (Fsp3) is 0.203. The van der Waals surface area contributed by atoms with E-state index in [1.54, 1.807) is 36.4 Å². The maximum absolute atomic E-state index is 13.6. The van der Waals surface area contributed by atoms with Gasteiger partial charge in [-0.3, -0.25) is 42.4 Å². The molecule has 0 fully saturated rings.